The molecule has 0 aromatic rings. The molecular weight excluding hydrogens is 252 g/mol. The van der Waals surface area contributed by atoms with E-state index in [1.807, 2.05) is 0 Å². The van der Waals surface area contributed by atoms with Crippen molar-refractivity contribution >= 4 is 14.3 Å². The molecule has 0 rings (SSSR count). The molecule has 0 saturated heterocycles. The highest BCUT2D eigenvalue weighted by Gasteiger charge is 2.40. The van der Waals surface area contributed by atoms with E-state index in [4.69, 9.17) is 4.43 Å². The van der Waals surface area contributed by atoms with Crippen LogP contribution < -0.4 is 0 Å². The zero-order valence-corrected chi connectivity index (χ0v) is 15.0. The lowest BCUT2D eigenvalue weighted by Gasteiger charge is -2.35. The summed E-state index contributed by atoms with van der Waals surface area (Å²) in [5.41, 5.74) is 0. The van der Waals surface area contributed by atoms with E-state index in [1.54, 1.807) is 0 Å². The molecule has 1 atom stereocenters. The minimum absolute atomic E-state index is 0.0479. The van der Waals surface area contributed by atoms with E-state index in [9.17, 15) is 4.79 Å². The van der Waals surface area contributed by atoms with Crippen molar-refractivity contribution in [3.8, 4) is 0 Å². The molecule has 0 spiro atoms. The van der Waals surface area contributed by atoms with E-state index in [1.165, 1.54) is 0 Å². The molecule has 0 N–H and O–H groups in total. The normalized spacial score (nSPS) is 15.0. The van der Waals surface area contributed by atoms with E-state index < -0.39 is 8.32 Å². The zero-order chi connectivity index (χ0) is 15.3. The van der Waals surface area contributed by atoms with Crippen LogP contribution in [0.3, 0.4) is 0 Å². The Morgan fingerprint density at radius 3 is 2.16 bits per heavy atom. The number of carbonyl (C=O) groups is 1. The van der Waals surface area contributed by atoms with Crippen LogP contribution in [0.5, 0.6) is 0 Å². The SMILES string of the molecule is CC(C)C/C=C/[C@@H](C)CC(=O)O[Si](C)(C)C(C)(C)C. The number of hydrogen-bond donors (Lipinski definition) is 0. The highest BCUT2D eigenvalue weighted by atomic mass is 28.4. The van der Waals surface area contributed by atoms with Gasteiger partial charge < -0.3 is 4.43 Å². The summed E-state index contributed by atoms with van der Waals surface area (Å²) < 4.78 is 5.77. The molecule has 3 heteroatoms. The Hall–Kier alpha value is -0.573. The Morgan fingerprint density at radius 2 is 1.74 bits per heavy atom. The predicted octanol–water partition coefficient (Wildman–Crippen LogP) is 5.16. The van der Waals surface area contributed by atoms with Crippen LogP contribution in [0.2, 0.25) is 18.1 Å². The van der Waals surface area contributed by atoms with E-state index in [2.05, 4.69) is 66.8 Å². The average Bonchev–Trinajstić information content (AvgIpc) is 2.13. The largest absolute Gasteiger partial charge is 0.519 e. The summed E-state index contributed by atoms with van der Waals surface area (Å²) in [5, 5.41) is 0.0827. The molecule has 112 valence electrons. The summed E-state index contributed by atoms with van der Waals surface area (Å²) in [5.74, 6) is 0.881. The van der Waals surface area contributed by atoms with Crippen LogP contribution in [0.15, 0.2) is 12.2 Å². The van der Waals surface area contributed by atoms with Crippen molar-refractivity contribution in [3.05, 3.63) is 12.2 Å². The van der Waals surface area contributed by atoms with Crippen LogP contribution in [0.1, 0.15) is 54.4 Å². The third-order valence-electron chi connectivity index (χ3n) is 3.74. The third-order valence-corrected chi connectivity index (χ3v) is 8.09. The van der Waals surface area contributed by atoms with Crippen LogP contribution in [0.25, 0.3) is 0 Å². The maximum absolute atomic E-state index is 12.0. The van der Waals surface area contributed by atoms with E-state index in [0.717, 1.165) is 6.42 Å². The van der Waals surface area contributed by atoms with Crippen LogP contribution in [-0.4, -0.2) is 14.3 Å². The molecule has 0 aromatic heterocycles. The summed E-state index contributed by atoms with van der Waals surface area (Å²) in [6, 6.07) is 0. The summed E-state index contributed by atoms with van der Waals surface area (Å²) in [7, 11) is -1.96. The lowest BCUT2D eigenvalue weighted by atomic mass is 10.0. The maximum atomic E-state index is 12.0. The molecule has 0 amide bonds. The second kappa shape index (κ2) is 7.27. The topological polar surface area (TPSA) is 26.3 Å². The molecule has 0 aromatic carbocycles. The Morgan fingerprint density at radius 1 is 1.21 bits per heavy atom. The number of carbonyl (C=O) groups excluding carboxylic acids is 1. The van der Waals surface area contributed by atoms with Crippen molar-refractivity contribution in [2.24, 2.45) is 11.8 Å². The van der Waals surface area contributed by atoms with Gasteiger partial charge in [-0.3, -0.25) is 4.79 Å². The summed E-state index contributed by atoms with van der Waals surface area (Å²) >= 11 is 0. The van der Waals surface area contributed by atoms with Gasteiger partial charge in [0.05, 0.1) is 6.42 Å². The molecule has 0 unspecified atom stereocenters. The molecule has 0 aliphatic carbocycles. The van der Waals surface area contributed by atoms with Gasteiger partial charge in [0.1, 0.15) is 0 Å². The van der Waals surface area contributed by atoms with Gasteiger partial charge >= 0.3 is 0 Å². The van der Waals surface area contributed by atoms with Gasteiger partial charge in [-0.25, -0.2) is 0 Å². The standard InChI is InChI=1S/C16H32O2Si/c1-13(2)10-9-11-14(3)12-15(17)18-19(7,8)16(4,5)6/h9,11,13-14H,10,12H2,1-8H3/b11-9+/t14-/m1/s1. The lowest BCUT2D eigenvalue weighted by Crippen LogP contribution is -2.42. The van der Waals surface area contributed by atoms with Crippen LogP contribution in [0.4, 0.5) is 0 Å². The van der Waals surface area contributed by atoms with Crippen LogP contribution in [-0.2, 0) is 9.22 Å². The average molecular weight is 285 g/mol. The Balaban J connectivity index is 4.29. The second-order valence-electron chi connectivity index (χ2n) is 7.47. The number of rotatable bonds is 6. The summed E-state index contributed by atoms with van der Waals surface area (Å²) in [6.07, 6.45) is 5.87. The van der Waals surface area contributed by atoms with Crippen molar-refractivity contribution in [2.75, 3.05) is 0 Å². The fourth-order valence-corrected chi connectivity index (χ4v) is 2.35. The van der Waals surface area contributed by atoms with Crippen molar-refractivity contribution in [1.29, 1.82) is 0 Å². The smallest absolute Gasteiger partial charge is 0.293 e. The first-order chi connectivity index (χ1) is 8.45. The van der Waals surface area contributed by atoms with Gasteiger partial charge in [-0.2, -0.15) is 0 Å². The van der Waals surface area contributed by atoms with Gasteiger partial charge in [0.15, 0.2) is 0 Å². The first-order valence-electron chi connectivity index (χ1n) is 7.34. The van der Waals surface area contributed by atoms with Gasteiger partial charge in [-0.15, -0.1) is 0 Å². The van der Waals surface area contributed by atoms with Crippen molar-refractivity contribution in [1.82, 2.24) is 0 Å². The summed E-state index contributed by atoms with van der Waals surface area (Å²) in [6.45, 7) is 17.1. The molecule has 19 heavy (non-hydrogen) atoms. The maximum Gasteiger partial charge on any atom is 0.293 e. The Bertz CT molecular complexity index is 311. The van der Waals surface area contributed by atoms with E-state index >= 15 is 0 Å². The van der Waals surface area contributed by atoms with Gasteiger partial charge in [-0.05, 0) is 36.4 Å². The first-order valence-corrected chi connectivity index (χ1v) is 10.2. The minimum Gasteiger partial charge on any atom is -0.519 e. The molecule has 0 heterocycles. The van der Waals surface area contributed by atoms with E-state index in [-0.39, 0.29) is 16.9 Å². The summed E-state index contributed by atoms with van der Waals surface area (Å²) in [4.78, 5) is 12.0. The monoisotopic (exact) mass is 284 g/mol. The van der Waals surface area contributed by atoms with Gasteiger partial charge in [0.2, 0.25) is 0 Å². The second-order valence-corrected chi connectivity index (χ2v) is 12.2. The first kappa shape index (κ1) is 18.4. The van der Waals surface area contributed by atoms with E-state index in [0.29, 0.717) is 12.3 Å². The van der Waals surface area contributed by atoms with Crippen LogP contribution >= 0.6 is 0 Å². The Labute approximate surface area is 120 Å². The highest BCUT2D eigenvalue weighted by Crippen LogP contribution is 2.36. The molecule has 0 radical (unpaired) electrons. The zero-order valence-electron chi connectivity index (χ0n) is 14.0. The van der Waals surface area contributed by atoms with Crippen molar-refractivity contribution < 1.29 is 9.22 Å². The van der Waals surface area contributed by atoms with Gasteiger partial charge in [0, 0.05) is 0 Å². The Kier molecular flexibility index (Phi) is 7.05. The third kappa shape index (κ3) is 7.56. The fourth-order valence-electron chi connectivity index (χ4n) is 1.39. The van der Waals surface area contributed by atoms with Gasteiger partial charge in [-0.1, -0.05) is 53.7 Å². The van der Waals surface area contributed by atoms with Gasteiger partial charge in [0.25, 0.3) is 14.3 Å². The quantitative estimate of drug-likeness (QED) is 0.497. The minimum atomic E-state index is -1.96. The number of hydrogen-bond acceptors (Lipinski definition) is 2. The fraction of sp³-hybridized carbons (Fsp3) is 0.812. The molecule has 0 fully saturated rings. The van der Waals surface area contributed by atoms with Crippen molar-refractivity contribution in [3.63, 3.8) is 0 Å². The molecule has 0 bridgehead atoms. The molecule has 0 saturated carbocycles. The molecular formula is C16H32O2Si. The molecule has 2 nitrogen and oxygen atoms in total. The van der Waals surface area contributed by atoms with Crippen LogP contribution in [0, 0.1) is 11.8 Å². The lowest BCUT2D eigenvalue weighted by molar-refractivity contribution is -0.136. The molecule has 0 aliphatic heterocycles. The van der Waals surface area contributed by atoms with Crippen molar-refractivity contribution in [2.45, 2.75) is 72.5 Å². The predicted molar refractivity (Wildman–Crippen MR) is 85.7 cm³/mol. The highest BCUT2D eigenvalue weighted by molar-refractivity contribution is 6.75. The number of allylic oxidation sites excluding steroid dienone is 2. The molecule has 0 aliphatic rings.